The molecule has 2 heterocycles. The van der Waals surface area contributed by atoms with Crippen molar-refractivity contribution in [3.8, 4) is 6.07 Å². The summed E-state index contributed by atoms with van der Waals surface area (Å²) in [5, 5.41) is 19.4. The van der Waals surface area contributed by atoms with Crippen molar-refractivity contribution in [2.24, 2.45) is 4.99 Å². The third-order valence-electron chi connectivity index (χ3n) is 4.90. The smallest absolute Gasteiger partial charge is 0.313 e. The Bertz CT molecular complexity index is 1090. The highest BCUT2D eigenvalue weighted by molar-refractivity contribution is 6.18. The minimum Gasteiger partial charge on any atom is -0.326 e. The van der Waals surface area contributed by atoms with E-state index in [9.17, 15) is 10.0 Å². The van der Waals surface area contributed by atoms with Crippen molar-refractivity contribution in [1.29, 1.82) is 5.26 Å². The summed E-state index contributed by atoms with van der Waals surface area (Å²) >= 11 is 0. The number of nitriles is 1. The molecule has 1 aliphatic heterocycles. The molecule has 1 amide bonds. The monoisotopic (exact) mass is 385 g/mol. The highest BCUT2D eigenvalue weighted by Crippen LogP contribution is 2.30. The van der Waals surface area contributed by atoms with Crippen LogP contribution in [0, 0.1) is 11.3 Å². The Kier molecular flexibility index (Phi) is 5.18. The Balaban J connectivity index is 1.72. The van der Waals surface area contributed by atoms with Gasteiger partial charge in [-0.3, -0.25) is 10.0 Å². The van der Waals surface area contributed by atoms with Crippen LogP contribution >= 0.6 is 0 Å². The number of aromatic amines is 1. The average Bonchev–Trinajstić information content (AvgIpc) is 3.25. The minimum atomic E-state index is -0.516. The lowest BCUT2D eigenvalue weighted by atomic mass is 9.86. The SMILES string of the molecule is N#Cc1cnc(C(=O)N=C2C=CC(=C3C=CN(O)C=C3)C=C2C2=CCCCC2)[nH]1. The van der Waals surface area contributed by atoms with Crippen LogP contribution in [0.5, 0.6) is 0 Å². The predicted molar refractivity (Wildman–Crippen MR) is 108 cm³/mol. The van der Waals surface area contributed by atoms with E-state index in [1.165, 1.54) is 11.8 Å². The van der Waals surface area contributed by atoms with Gasteiger partial charge in [-0.1, -0.05) is 12.2 Å². The third-order valence-corrected chi connectivity index (χ3v) is 4.90. The molecule has 4 rings (SSSR count). The Labute approximate surface area is 168 Å². The van der Waals surface area contributed by atoms with Crippen LogP contribution in [0.1, 0.15) is 42.0 Å². The molecule has 1 aromatic rings. The van der Waals surface area contributed by atoms with Gasteiger partial charge in [-0.15, -0.1) is 0 Å². The fourth-order valence-corrected chi connectivity index (χ4v) is 3.41. The number of aliphatic imine (C=N–C) groups is 1. The van der Waals surface area contributed by atoms with Gasteiger partial charge in [-0.05, 0) is 66.7 Å². The third kappa shape index (κ3) is 4.08. The standard InChI is InChI=1S/C22H19N5O2/c23-13-18-14-24-21(25-18)22(28)26-20-7-6-17(15-8-10-27(29)11-9-15)12-19(20)16-4-2-1-3-5-16/h4,6-12,14,29H,1-3,5H2,(H,24,25). The van der Waals surface area contributed by atoms with Crippen molar-refractivity contribution >= 4 is 11.6 Å². The van der Waals surface area contributed by atoms with E-state index in [0.717, 1.165) is 47.5 Å². The van der Waals surface area contributed by atoms with Gasteiger partial charge in [0.05, 0.1) is 11.9 Å². The molecular formula is C22H19N5O2. The molecule has 0 spiro atoms. The van der Waals surface area contributed by atoms with Gasteiger partial charge in [0.2, 0.25) is 0 Å². The van der Waals surface area contributed by atoms with Crippen LogP contribution < -0.4 is 0 Å². The van der Waals surface area contributed by atoms with E-state index in [4.69, 9.17) is 5.26 Å². The van der Waals surface area contributed by atoms with Crippen LogP contribution in [0.2, 0.25) is 0 Å². The fourth-order valence-electron chi connectivity index (χ4n) is 3.41. The molecule has 3 aliphatic rings. The average molecular weight is 385 g/mol. The summed E-state index contributed by atoms with van der Waals surface area (Å²) < 4.78 is 0. The first-order chi connectivity index (χ1) is 14.1. The number of carbonyl (C=O) groups excluding carboxylic acids is 1. The number of hydrogen-bond donors (Lipinski definition) is 2. The van der Waals surface area contributed by atoms with E-state index in [1.54, 1.807) is 12.4 Å². The zero-order valence-corrected chi connectivity index (χ0v) is 15.7. The van der Waals surface area contributed by atoms with Crippen molar-refractivity contribution in [3.05, 3.63) is 88.9 Å². The summed E-state index contributed by atoms with van der Waals surface area (Å²) in [6.07, 6.45) is 20.3. The van der Waals surface area contributed by atoms with Gasteiger partial charge < -0.3 is 4.98 Å². The second-order valence-corrected chi connectivity index (χ2v) is 6.85. The number of imidazole rings is 1. The van der Waals surface area contributed by atoms with Crippen LogP contribution in [0.4, 0.5) is 0 Å². The van der Waals surface area contributed by atoms with Crippen molar-refractivity contribution in [1.82, 2.24) is 15.0 Å². The van der Waals surface area contributed by atoms with Crippen molar-refractivity contribution in [3.63, 3.8) is 0 Å². The molecule has 7 nitrogen and oxygen atoms in total. The Morgan fingerprint density at radius 3 is 2.72 bits per heavy atom. The zero-order valence-electron chi connectivity index (χ0n) is 15.7. The molecule has 29 heavy (non-hydrogen) atoms. The van der Waals surface area contributed by atoms with Gasteiger partial charge >= 0.3 is 5.91 Å². The van der Waals surface area contributed by atoms with Crippen molar-refractivity contribution in [2.75, 3.05) is 0 Å². The largest absolute Gasteiger partial charge is 0.326 e. The summed E-state index contributed by atoms with van der Waals surface area (Å²) in [6.45, 7) is 0. The van der Waals surface area contributed by atoms with Crippen LogP contribution in [0.15, 0.2) is 82.3 Å². The van der Waals surface area contributed by atoms with Crippen LogP contribution in [-0.2, 0) is 0 Å². The highest BCUT2D eigenvalue weighted by Gasteiger charge is 2.20. The van der Waals surface area contributed by atoms with Crippen LogP contribution in [0.25, 0.3) is 0 Å². The molecule has 0 saturated carbocycles. The molecule has 0 unspecified atom stereocenters. The number of aromatic nitrogens is 2. The van der Waals surface area contributed by atoms with Gasteiger partial charge in [-0.25, -0.2) is 15.0 Å². The summed E-state index contributed by atoms with van der Waals surface area (Å²) in [5.74, 6) is -0.470. The van der Waals surface area contributed by atoms with E-state index in [2.05, 4.69) is 21.0 Å². The van der Waals surface area contributed by atoms with E-state index in [1.807, 2.05) is 36.4 Å². The van der Waals surface area contributed by atoms with Gasteiger partial charge in [0.15, 0.2) is 5.82 Å². The van der Waals surface area contributed by atoms with E-state index >= 15 is 0 Å². The minimum absolute atomic E-state index is 0.0461. The number of carbonyl (C=O) groups is 1. The predicted octanol–water partition coefficient (Wildman–Crippen LogP) is 3.89. The van der Waals surface area contributed by atoms with Gasteiger partial charge in [-0.2, -0.15) is 5.26 Å². The van der Waals surface area contributed by atoms with Gasteiger partial charge in [0.25, 0.3) is 0 Å². The quantitative estimate of drug-likeness (QED) is 0.803. The van der Waals surface area contributed by atoms with Crippen molar-refractivity contribution < 1.29 is 10.0 Å². The number of hydroxylamine groups is 2. The van der Waals surface area contributed by atoms with Crippen molar-refractivity contribution in [2.45, 2.75) is 25.7 Å². The molecule has 0 radical (unpaired) electrons. The highest BCUT2D eigenvalue weighted by atomic mass is 16.5. The summed E-state index contributed by atoms with van der Waals surface area (Å²) in [7, 11) is 0. The molecule has 2 aliphatic carbocycles. The molecule has 7 heteroatoms. The molecule has 0 aromatic carbocycles. The lowest BCUT2D eigenvalue weighted by Gasteiger charge is -2.20. The molecular weight excluding hydrogens is 366 g/mol. The van der Waals surface area contributed by atoms with Crippen LogP contribution in [0.3, 0.4) is 0 Å². The summed E-state index contributed by atoms with van der Waals surface area (Å²) in [5.41, 5.74) is 4.83. The maximum atomic E-state index is 12.6. The number of hydrogen-bond acceptors (Lipinski definition) is 5. The first kappa shape index (κ1) is 18.6. The number of nitrogens with one attached hydrogen (secondary N) is 1. The molecule has 144 valence electrons. The Hall–Kier alpha value is -3.76. The van der Waals surface area contributed by atoms with Crippen LogP contribution in [-0.4, -0.2) is 31.9 Å². The van der Waals surface area contributed by atoms with Gasteiger partial charge in [0.1, 0.15) is 11.8 Å². The Morgan fingerprint density at radius 2 is 2.03 bits per heavy atom. The summed E-state index contributed by atoms with van der Waals surface area (Å²) in [6, 6.07) is 1.92. The normalized spacial score (nSPS) is 20.0. The fraction of sp³-hybridized carbons (Fsp3) is 0.182. The second-order valence-electron chi connectivity index (χ2n) is 6.85. The van der Waals surface area contributed by atoms with E-state index in [0.29, 0.717) is 5.71 Å². The van der Waals surface area contributed by atoms with E-state index in [-0.39, 0.29) is 11.5 Å². The number of amides is 1. The second kappa shape index (κ2) is 8.09. The first-order valence-electron chi connectivity index (χ1n) is 9.39. The Morgan fingerprint density at radius 1 is 1.21 bits per heavy atom. The van der Waals surface area contributed by atoms with Gasteiger partial charge in [0, 0.05) is 18.0 Å². The number of allylic oxidation sites excluding steroid dienone is 10. The zero-order chi connectivity index (χ0) is 20.2. The van der Waals surface area contributed by atoms with E-state index < -0.39 is 5.91 Å². The molecule has 1 aromatic heterocycles. The number of rotatable bonds is 2. The lowest BCUT2D eigenvalue weighted by molar-refractivity contribution is 0.0105. The molecule has 0 fully saturated rings. The lowest BCUT2D eigenvalue weighted by Crippen LogP contribution is -2.13. The maximum Gasteiger partial charge on any atom is 0.313 e. The number of nitrogens with zero attached hydrogens (tertiary/aromatic N) is 4. The molecule has 0 bridgehead atoms. The maximum absolute atomic E-state index is 12.6. The topological polar surface area (TPSA) is 105 Å². The number of H-pyrrole nitrogens is 1. The summed E-state index contributed by atoms with van der Waals surface area (Å²) in [4.78, 5) is 23.4. The first-order valence-corrected chi connectivity index (χ1v) is 9.39. The molecule has 0 saturated heterocycles. The molecule has 0 atom stereocenters. The molecule has 2 N–H and O–H groups in total.